The van der Waals surface area contributed by atoms with Gasteiger partial charge in [-0.2, -0.15) is 0 Å². The fourth-order valence-electron chi connectivity index (χ4n) is 1.52. The van der Waals surface area contributed by atoms with E-state index in [1.165, 1.54) is 0 Å². The van der Waals surface area contributed by atoms with Gasteiger partial charge in [-0.1, -0.05) is 13.8 Å². The molecule has 0 saturated heterocycles. The summed E-state index contributed by atoms with van der Waals surface area (Å²) >= 11 is 3.46. The number of benzene rings is 1. The molecule has 0 atom stereocenters. The van der Waals surface area contributed by atoms with Gasteiger partial charge >= 0.3 is 0 Å². The van der Waals surface area contributed by atoms with Gasteiger partial charge in [0.1, 0.15) is 11.6 Å². The molecule has 18 heavy (non-hydrogen) atoms. The van der Waals surface area contributed by atoms with Crippen molar-refractivity contribution in [3.8, 4) is 5.75 Å². The van der Waals surface area contributed by atoms with Gasteiger partial charge in [0.25, 0.3) is 0 Å². The monoisotopic (exact) mass is 310 g/mol. The highest BCUT2D eigenvalue weighted by atomic mass is 79.9. The first-order chi connectivity index (χ1) is 8.61. The molecule has 1 aromatic carbocycles. The van der Waals surface area contributed by atoms with Crippen LogP contribution in [-0.2, 0) is 0 Å². The molecule has 2 rings (SSSR count). The van der Waals surface area contributed by atoms with Gasteiger partial charge in [-0.05, 0) is 34.1 Å². The van der Waals surface area contributed by atoms with Gasteiger partial charge in [-0.3, -0.25) is 0 Å². The summed E-state index contributed by atoms with van der Waals surface area (Å²) in [6.45, 7) is 4.00. The second kappa shape index (κ2) is 6.59. The number of anilines is 1. The molecule has 98 valence electrons. The number of hydrogen-bond donors (Lipinski definition) is 0. The van der Waals surface area contributed by atoms with Gasteiger partial charge in [-0.15, -0.1) is 0 Å². The van der Waals surface area contributed by atoms with Gasteiger partial charge in [0.15, 0.2) is 0 Å². The van der Waals surface area contributed by atoms with Crippen LogP contribution in [0.2, 0.25) is 0 Å². The Labute approximate surface area is 117 Å². The van der Waals surface area contributed by atoms with Crippen LogP contribution in [0.1, 0.15) is 13.8 Å². The lowest BCUT2D eigenvalue weighted by molar-refractivity contribution is 0.412. The average molecular weight is 311 g/mol. The molecule has 0 radical (unpaired) electrons. The van der Waals surface area contributed by atoms with Crippen molar-refractivity contribution in [3.05, 3.63) is 28.7 Å². The fraction of sp³-hybridized carbons (Fsp3) is 0.357. The minimum absolute atomic E-state index is 0.802. The zero-order valence-electron chi connectivity index (χ0n) is 11.5. The van der Waals surface area contributed by atoms with E-state index in [1.807, 2.05) is 51.0 Å². The molecule has 0 fully saturated rings. The number of fused-ring (bicyclic) bond motifs is 1. The first-order valence-corrected chi connectivity index (χ1v) is 6.72. The number of methoxy groups -OCH3 is 1. The number of pyridine rings is 1. The standard InChI is InChI=1S/C12H13BrN2O.C2H6/c1-15(2)12-5-4-8-6-9(13)11(16-3)7-10(8)14-12;1-2/h4-7H,1-3H3;1-2H3. The van der Waals surface area contributed by atoms with Crippen molar-refractivity contribution >= 4 is 32.7 Å². The molecule has 1 aromatic heterocycles. The maximum Gasteiger partial charge on any atom is 0.135 e. The SMILES string of the molecule is CC.COc1cc2nc(N(C)C)ccc2cc1Br. The van der Waals surface area contributed by atoms with E-state index in [-0.39, 0.29) is 0 Å². The lowest BCUT2D eigenvalue weighted by atomic mass is 10.2. The Morgan fingerprint density at radius 1 is 1.17 bits per heavy atom. The molecule has 4 heteroatoms. The summed E-state index contributed by atoms with van der Waals surface area (Å²) in [5, 5.41) is 1.10. The molecule has 0 aliphatic heterocycles. The zero-order chi connectivity index (χ0) is 13.7. The molecule has 1 heterocycles. The Morgan fingerprint density at radius 2 is 1.83 bits per heavy atom. The zero-order valence-corrected chi connectivity index (χ0v) is 13.1. The second-order valence-corrected chi connectivity index (χ2v) is 4.60. The Bertz CT molecular complexity index is 526. The third-order valence-corrected chi connectivity index (χ3v) is 3.03. The Morgan fingerprint density at radius 3 is 2.39 bits per heavy atom. The van der Waals surface area contributed by atoms with Crippen LogP contribution < -0.4 is 9.64 Å². The van der Waals surface area contributed by atoms with Crippen molar-refractivity contribution < 1.29 is 4.74 Å². The molecular formula is C14H19BrN2O. The van der Waals surface area contributed by atoms with Crippen LogP contribution in [0.25, 0.3) is 10.9 Å². The average Bonchev–Trinajstić information content (AvgIpc) is 2.39. The first-order valence-electron chi connectivity index (χ1n) is 5.93. The minimum atomic E-state index is 0.802. The van der Waals surface area contributed by atoms with Gasteiger partial charge in [-0.25, -0.2) is 4.98 Å². The Kier molecular flexibility index (Phi) is 5.41. The Balaban J connectivity index is 0.000000771. The van der Waals surface area contributed by atoms with Crippen LogP contribution in [0.3, 0.4) is 0 Å². The number of hydrogen-bond acceptors (Lipinski definition) is 3. The van der Waals surface area contributed by atoms with Crippen molar-refractivity contribution in [2.75, 3.05) is 26.1 Å². The van der Waals surface area contributed by atoms with E-state index in [9.17, 15) is 0 Å². The van der Waals surface area contributed by atoms with Crippen LogP contribution in [0, 0.1) is 0 Å². The quantitative estimate of drug-likeness (QED) is 0.835. The highest BCUT2D eigenvalue weighted by Gasteiger charge is 2.05. The summed E-state index contributed by atoms with van der Waals surface area (Å²) in [6.07, 6.45) is 0. The van der Waals surface area contributed by atoms with E-state index in [0.29, 0.717) is 0 Å². The second-order valence-electron chi connectivity index (χ2n) is 3.74. The summed E-state index contributed by atoms with van der Waals surface area (Å²) in [5.41, 5.74) is 0.936. The van der Waals surface area contributed by atoms with Crippen molar-refractivity contribution in [1.29, 1.82) is 0 Å². The van der Waals surface area contributed by atoms with E-state index in [2.05, 4.69) is 27.0 Å². The van der Waals surface area contributed by atoms with Gasteiger partial charge < -0.3 is 9.64 Å². The summed E-state index contributed by atoms with van der Waals surface area (Å²) in [5.74, 6) is 1.74. The normalized spacial score (nSPS) is 9.67. The van der Waals surface area contributed by atoms with Gasteiger partial charge in [0, 0.05) is 25.5 Å². The van der Waals surface area contributed by atoms with E-state index in [1.54, 1.807) is 7.11 Å². The van der Waals surface area contributed by atoms with Crippen molar-refractivity contribution in [3.63, 3.8) is 0 Å². The van der Waals surface area contributed by atoms with Crippen LogP contribution >= 0.6 is 15.9 Å². The van der Waals surface area contributed by atoms with Crippen LogP contribution in [0.5, 0.6) is 5.75 Å². The fourth-order valence-corrected chi connectivity index (χ4v) is 2.04. The summed E-state index contributed by atoms with van der Waals surface area (Å²) in [4.78, 5) is 6.53. The molecule has 3 nitrogen and oxygen atoms in total. The van der Waals surface area contributed by atoms with E-state index in [0.717, 1.165) is 26.9 Å². The number of halogens is 1. The van der Waals surface area contributed by atoms with Crippen LogP contribution in [0.15, 0.2) is 28.7 Å². The summed E-state index contributed by atoms with van der Waals surface area (Å²) in [7, 11) is 5.61. The van der Waals surface area contributed by atoms with Crippen molar-refractivity contribution in [2.45, 2.75) is 13.8 Å². The maximum atomic E-state index is 5.25. The lowest BCUT2D eigenvalue weighted by Crippen LogP contribution is -2.10. The molecule has 0 spiro atoms. The predicted octanol–water partition coefficient (Wildman–Crippen LogP) is 4.10. The number of ether oxygens (including phenoxy) is 1. The molecule has 2 aromatic rings. The lowest BCUT2D eigenvalue weighted by Gasteiger charge is -2.12. The Hall–Kier alpha value is -1.29. The van der Waals surface area contributed by atoms with Gasteiger partial charge in [0.05, 0.1) is 17.1 Å². The molecular weight excluding hydrogens is 292 g/mol. The van der Waals surface area contributed by atoms with E-state index >= 15 is 0 Å². The third-order valence-electron chi connectivity index (χ3n) is 2.41. The molecule has 0 bridgehead atoms. The van der Waals surface area contributed by atoms with Gasteiger partial charge in [0.2, 0.25) is 0 Å². The van der Waals surface area contributed by atoms with E-state index in [4.69, 9.17) is 4.74 Å². The number of nitrogens with zero attached hydrogens (tertiary/aromatic N) is 2. The minimum Gasteiger partial charge on any atom is -0.495 e. The maximum absolute atomic E-state index is 5.25. The summed E-state index contributed by atoms with van der Waals surface area (Å²) in [6, 6.07) is 8.01. The van der Waals surface area contributed by atoms with Crippen molar-refractivity contribution in [2.24, 2.45) is 0 Å². The summed E-state index contributed by atoms with van der Waals surface area (Å²) < 4.78 is 6.20. The predicted molar refractivity (Wildman–Crippen MR) is 81.7 cm³/mol. The first kappa shape index (κ1) is 14.8. The highest BCUT2D eigenvalue weighted by Crippen LogP contribution is 2.30. The highest BCUT2D eigenvalue weighted by molar-refractivity contribution is 9.10. The van der Waals surface area contributed by atoms with Crippen LogP contribution in [0.4, 0.5) is 5.82 Å². The molecule has 0 aliphatic carbocycles. The smallest absolute Gasteiger partial charge is 0.135 e. The van der Waals surface area contributed by atoms with Crippen molar-refractivity contribution in [1.82, 2.24) is 4.98 Å². The molecule has 0 N–H and O–H groups in total. The molecule has 0 amide bonds. The molecule has 0 unspecified atom stereocenters. The van der Waals surface area contributed by atoms with Crippen LogP contribution in [-0.4, -0.2) is 26.2 Å². The number of rotatable bonds is 2. The van der Waals surface area contributed by atoms with E-state index < -0.39 is 0 Å². The molecule has 0 saturated carbocycles. The molecule has 0 aliphatic rings. The third kappa shape index (κ3) is 3.13. The number of aromatic nitrogens is 1. The topological polar surface area (TPSA) is 25.4 Å². The largest absolute Gasteiger partial charge is 0.495 e.